The Morgan fingerprint density at radius 1 is 1.17 bits per heavy atom. The molecular formula is C20H17F3N2O5. The zero-order chi connectivity index (χ0) is 21.1. The van der Waals surface area contributed by atoms with Crippen LogP contribution in [0.3, 0.4) is 0 Å². The second kappa shape index (κ2) is 8.13. The predicted octanol–water partition coefficient (Wildman–Crippen LogP) is 3.32. The molecule has 1 N–H and O–H groups in total. The molecule has 7 nitrogen and oxygen atoms in total. The zero-order valence-electron chi connectivity index (χ0n) is 15.6. The maximum absolute atomic E-state index is 12.5. The first-order valence-electron chi connectivity index (χ1n) is 9.09. The number of halogens is 3. The highest BCUT2D eigenvalue weighted by atomic mass is 19.4. The number of rotatable bonds is 6. The maximum atomic E-state index is 12.5. The molecule has 30 heavy (non-hydrogen) atoms. The molecule has 0 radical (unpaired) electrons. The van der Waals surface area contributed by atoms with Crippen LogP contribution in [0.2, 0.25) is 0 Å². The summed E-state index contributed by atoms with van der Waals surface area (Å²) < 4.78 is 52.1. The lowest BCUT2D eigenvalue weighted by molar-refractivity contribution is -0.274. The van der Waals surface area contributed by atoms with Gasteiger partial charge in [0, 0.05) is 24.9 Å². The van der Waals surface area contributed by atoms with Gasteiger partial charge in [0.1, 0.15) is 5.75 Å². The third-order valence-corrected chi connectivity index (χ3v) is 4.52. The molecule has 0 fully saturated rings. The average Bonchev–Trinajstić information content (AvgIpc) is 3.35. The van der Waals surface area contributed by atoms with E-state index in [0.717, 1.165) is 5.56 Å². The molecule has 1 atom stereocenters. The van der Waals surface area contributed by atoms with Crippen molar-refractivity contribution in [2.75, 3.05) is 6.79 Å². The molecule has 0 aliphatic carbocycles. The van der Waals surface area contributed by atoms with E-state index >= 15 is 0 Å². The fraction of sp³-hybridized carbons (Fsp3) is 0.300. The number of benzene rings is 2. The molecule has 2 heterocycles. The van der Waals surface area contributed by atoms with Crippen molar-refractivity contribution in [3.8, 4) is 17.2 Å². The molecule has 0 aromatic heterocycles. The van der Waals surface area contributed by atoms with Crippen LogP contribution in [0.25, 0.3) is 0 Å². The number of amides is 1. The van der Waals surface area contributed by atoms with Gasteiger partial charge in [-0.05, 0) is 23.8 Å². The minimum absolute atomic E-state index is 0.136. The first-order chi connectivity index (χ1) is 14.4. The molecule has 2 aliphatic rings. The second-order valence-corrected chi connectivity index (χ2v) is 6.69. The Bertz CT molecular complexity index is 977. The Hall–Kier alpha value is -3.43. The van der Waals surface area contributed by atoms with E-state index in [-0.39, 0.29) is 31.1 Å². The van der Waals surface area contributed by atoms with Crippen molar-refractivity contribution >= 4 is 11.6 Å². The van der Waals surface area contributed by atoms with Crippen LogP contribution < -0.4 is 19.5 Å². The van der Waals surface area contributed by atoms with Crippen molar-refractivity contribution in [3.63, 3.8) is 0 Å². The smallest absolute Gasteiger partial charge is 0.454 e. The number of ether oxygens (including phenoxy) is 3. The lowest BCUT2D eigenvalue weighted by Gasteiger charge is -2.14. The van der Waals surface area contributed by atoms with Crippen LogP contribution in [0.15, 0.2) is 47.6 Å². The highest BCUT2D eigenvalue weighted by Gasteiger charge is 2.32. The number of alkyl halides is 3. The van der Waals surface area contributed by atoms with Gasteiger partial charge in [-0.3, -0.25) is 4.79 Å². The Morgan fingerprint density at radius 3 is 2.80 bits per heavy atom. The van der Waals surface area contributed by atoms with Crippen LogP contribution in [0, 0.1) is 0 Å². The molecule has 0 spiro atoms. The third-order valence-electron chi connectivity index (χ3n) is 4.52. The summed E-state index contributed by atoms with van der Waals surface area (Å²) in [6.45, 7) is 0.0463. The summed E-state index contributed by atoms with van der Waals surface area (Å²) in [5, 5.41) is 6.52. The number of hydrogen-bond donors (Lipinski definition) is 1. The standard InChI is InChI=1S/C20H17F3N2O5/c21-20(22,23)29-15-4-2-1-3-13(15)10-24-19(26)18-9-14(25-30-18)7-12-5-6-16-17(8-12)28-11-27-16/h1-6,8,18H,7,9-11H2,(H,24,26). The zero-order valence-corrected chi connectivity index (χ0v) is 15.6. The fourth-order valence-corrected chi connectivity index (χ4v) is 3.13. The summed E-state index contributed by atoms with van der Waals surface area (Å²) in [5.41, 5.74) is 1.80. The lowest BCUT2D eigenvalue weighted by atomic mass is 10.0. The van der Waals surface area contributed by atoms with E-state index in [1.165, 1.54) is 18.2 Å². The number of para-hydroxylation sites is 1. The summed E-state index contributed by atoms with van der Waals surface area (Å²) >= 11 is 0. The van der Waals surface area contributed by atoms with E-state index in [1.807, 2.05) is 12.1 Å². The van der Waals surface area contributed by atoms with Gasteiger partial charge in [-0.2, -0.15) is 0 Å². The molecule has 4 rings (SSSR count). The van der Waals surface area contributed by atoms with Crippen molar-refractivity contribution < 1.29 is 37.0 Å². The van der Waals surface area contributed by atoms with Crippen LogP contribution in [0.5, 0.6) is 17.2 Å². The monoisotopic (exact) mass is 422 g/mol. The van der Waals surface area contributed by atoms with Crippen molar-refractivity contribution in [2.45, 2.75) is 31.9 Å². The Kier molecular flexibility index (Phi) is 5.39. The van der Waals surface area contributed by atoms with Gasteiger partial charge >= 0.3 is 6.36 Å². The molecule has 1 amide bonds. The maximum Gasteiger partial charge on any atom is 0.573 e. The van der Waals surface area contributed by atoms with Gasteiger partial charge in [0.15, 0.2) is 11.5 Å². The minimum atomic E-state index is -4.81. The first kappa shape index (κ1) is 19.9. The number of carbonyl (C=O) groups is 1. The first-order valence-corrected chi connectivity index (χ1v) is 9.09. The summed E-state index contributed by atoms with van der Waals surface area (Å²) in [6, 6.07) is 11.1. The Labute approximate surface area is 169 Å². The van der Waals surface area contributed by atoms with E-state index in [1.54, 1.807) is 12.1 Å². The van der Waals surface area contributed by atoms with Gasteiger partial charge in [-0.25, -0.2) is 0 Å². The molecular weight excluding hydrogens is 405 g/mol. The van der Waals surface area contributed by atoms with Crippen LogP contribution in [-0.4, -0.2) is 30.9 Å². The molecule has 0 saturated heterocycles. The summed E-state index contributed by atoms with van der Waals surface area (Å²) in [5.74, 6) is 0.495. The van der Waals surface area contributed by atoms with Crippen LogP contribution in [-0.2, 0) is 22.6 Å². The number of hydrogen-bond acceptors (Lipinski definition) is 6. The van der Waals surface area contributed by atoms with Crippen LogP contribution in [0.4, 0.5) is 13.2 Å². The molecule has 0 bridgehead atoms. The van der Waals surface area contributed by atoms with Gasteiger partial charge in [-0.1, -0.05) is 29.4 Å². The SMILES string of the molecule is O=C(NCc1ccccc1OC(F)(F)F)C1CC(Cc2ccc3c(c2)OCO3)=NO1. The number of carbonyl (C=O) groups excluding carboxylic acids is 1. The van der Waals surface area contributed by atoms with Crippen LogP contribution in [0.1, 0.15) is 17.5 Å². The van der Waals surface area contributed by atoms with Crippen molar-refractivity contribution in [2.24, 2.45) is 5.16 Å². The van der Waals surface area contributed by atoms with Gasteiger partial charge in [0.25, 0.3) is 5.91 Å². The van der Waals surface area contributed by atoms with Gasteiger partial charge in [-0.15, -0.1) is 13.2 Å². The summed E-state index contributed by atoms with van der Waals surface area (Å²) in [4.78, 5) is 17.6. The molecule has 10 heteroatoms. The van der Waals surface area contributed by atoms with Gasteiger partial charge in [0.05, 0.1) is 5.71 Å². The van der Waals surface area contributed by atoms with Crippen molar-refractivity contribution in [1.82, 2.24) is 5.32 Å². The fourth-order valence-electron chi connectivity index (χ4n) is 3.13. The summed E-state index contributed by atoms with van der Waals surface area (Å²) in [7, 11) is 0. The normalized spacial score (nSPS) is 17.3. The van der Waals surface area contributed by atoms with Crippen molar-refractivity contribution in [3.05, 3.63) is 53.6 Å². The largest absolute Gasteiger partial charge is 0.573 e. The minimum Gasteiger partial charge on any atom is -0.454 e. The summed E-state index contributed by atoms with van der Waals surface area (Å²) in [6.07, 6.45) is -4.90. The van der Waals surface area contributed by atoms with E-state index < -0.39 is 18.4 Å². The molecule has 2 aliphatic heterocycles. The second-order valence-electron chi connectivity index (χ2n) is 6.69. The van der Waals surface area contributed by atoms with Gasteiger partial charge < -0.3 is 24.4 Å². The Balaban J connectivity index is 1.30. The number of fused-ring (bicyclic) bond motifs is 1. The molecule has 2 aromatic rings. The Morgan fingerprint density at radius 2 is 1.97 bits per heavy atom. The lowest BCUT2D eigenvalue weighted by Crippen LogP contribution is -2.34. The average molecular weight is 422 g/mol. The quantitative estimate of drug-likeness (QED) is 0.773. The van der Waals surface area contributed by atoms with E-state index in [0.29, 0.717) is 23.6 Å². The third kappa shape index (κ3) is 4.76. The topological polar surface area (TPSA) is 78.4 Å². The molecule has 0 saturated carbocycles. The number of nitrogens with zero attached hydrogens (tertiary/aromatic N) is 1. The predicted molar refractivity (Wildman–Crippen MR) is 98.2 cm³/mol. The molecule has 1 unspecified atom stereocenters. The number of oxime groups is 1. The van der Waals surface area contributed by atoms with Crippen LogP contribution >= 0.6 is 0 Å². The van der Waals surface area contributed by atoms with E-state index in [4.69, 9.17) is 14.3 Å². The van der Waals surface area contributed by atoms with Crippen molar-refractivity contribution in [1.29, 1.82) is 0 Å². The highest BCUT2D eigenvalue weighted by Crippen LogP contribution is 2.33. The molecule has 2 aromatic carbocycles. The molecule has 158 valence electrons. The highest BCUT2D eigenvalue weighted by molar-refractivity contribution is 5.94. The van der Waals surface area contributed by atoms with E-state index in [9.17, 15) is 18.0 Å². The van der Waals surface area contributed by atoms with Gasteiger partial charge in [0.2, 0.25) is 12.9 Å². The van der Waals surface area contributed by atoms with E-state index in [2.05, 4.69) is 15.2 Å². The number of nitrogens with one attached hydrogen (secondary N) is 1.